The summed E-state index contributed by atoms with van der Waals surface area (Å²) in [7, 11) is 0. The van der Waals surface area contributed by atoms with E-state index >= 15 is 0 Å². The van der Waals surface area contributed by atoms with Crippen LogP contribution in [0.5, 0.6) is 5.75 Å². The van der Waals surface area contributed by atoms with Gasteiger partial charge in [-0.1, -0.05) is 35.0 Å². The topological polar surface area (TPSA) is 85.5 Å². The molecule has 1 aromatic carbocycles. The average Bonchev–Trinajstić information content (AvgIpc) is 2.93. The summed E-state index contributed by atoms with van der Waals surface area (Å²) in [4.78, 5) is 15.7. The van der Waals surface area contributed by atoms with E-state index in [2.05, 4.69) is 10.1 Å². The summed E-state index contributed by atoms with van der Waals surface area (Å²) in [6, 6.07) is 7.00. The summed E-state index contributed by atoms with van der Waals surface area (Å²) in [5.41, 5.74) is 0.983. The van der Waals surface area contributed by atoms with Gasteiger partial charge in [-0.3, -0.25) is 0 Å². The van der Waals surface area contributed by atoms with E-state index in [0.717, 1.165) is 0 Å². The molecule has 0 unspecified atom stereocenters. The van der Waals surface area contributed by atoms with Gasteiger partial charge in [0, 0.05) is 5.56 Å². The van der Waals surface area contributed by atoms with Crippen molar-refractivity contribution in [2.24, 2.45) is 0 Å². The van der Waals surface area contributed by atoms with E-state index in [-0.39, 0.29) is 29.0 Å². The third kappa shape index (κ3) is 2.27. The summed E-state index contributed by atoms with van der Waals surface area (Å²) in [5, 5.41) is 15.0. The van der Waals surface area contributed by atoms with E-state index in [1.165, 1.54) is 6.20 Å². The largest absolute Gasteiger partial charge is 0.505 e. The molecule has 0 spiro atoms. The van der Waals surface area contributed by atoms with E-state index in [4.69, 9.17) is 20.9 Å². The Morgan fingerprint density at radius 3 is 2.91 bits per heavy atom. The van der Waals surface area contributed by atoms with E-state index < -0.39 is 5.97 Å². The molecule has 0 aliphatic rings. The van der Waals surface area contributed by atoms with Crippen molar-refractivity contribution in [1.29, 1.82) is 0 Å². The molecule has 0 saturated heterocycles. The maximum absolute atomic E-state index is 11.8. The normalized spacial score (nSPS) is 10.8. The highest BCUT2D eigenvalue weighted by Crippen LogP contribution is 2.38. The molecule has 0 saturated carbocycles. The highest BCUT2D eigenvalue weighted by Gasteiger charge is 2.23. The van der Waals surface area contributed by atoms with Crippen LogP contribution in [0, 0.1) is 0 Å². The number of rotatable bonds is 3. The van der Waals surface area contributed by atoms with Crippen molar-refractivity contribution in [3.05, 3.63) is 41.2 Å². The number of pyridine rings is 1. The number of hydrogen-bond acceptors (Lipinski definition) is 6. The lowest BCUT2D eigenvalue weighted by Crippen LogP contribution is -2.07. The van der Waals surface area contributed by atoms with Gasteiger partial charge in [0.15, 0.2) is 17.0 Å². The van der Waals surface area contributed by atoms with E-state index in [9.17, 15) is 9.90 Å². The second kappa shape index (κ2) is 5.65. The van der Waals surface area contributed by atoms with E-state index in [1.807, 2.05) is 0 Å². The number of hydrogen-bond donors (Lipinski definition) is 1. The fourth-order valence-corrected chi connectivity index (χ4v) is 2.33. The Morgan fingerprint density at radius 2 is 2.18 bits per heavy atom. The van der Waals surface area contributed by atoms with Crippen LogP contribution in [-0.2, 0) is 4.74 Å². The third-order valence-electron chi connectivity index (χ3n) is 3.09. The van der Waals surface area contributed by atoms with E-state index in [0.29, 0.717) is 16.3 Å². The van der Waals surface area contributed by atoms with Crippen molar-refractivity contribution >= 4 is 28.5 Å². The molecule has 2 aromatic heterocycles. The number of fused-ring (bicyclic) bond motifs is 1. The molecule has 6 nitrogen and oxygen atoms in total. The van der Waals surface area contributed by atoms with Crippen LogP contribution in [0.25, 0.3) is 22.2 Å². The van der Waals surface area contributed by atoms with Crippen molar-refractivity contribution in [2.75, 3.05) is 6.61 Å². The molecule has 3 rings (SSSR count). The molecule has 0 bridgehead atoms. The van der Waals surface area contributed by atoms with Crippen LogP contribution in [0.15, 0.2) is 35.0 Å². The highest BCUT2D eigenvalue weighted by atomic mass is 35.5. The van der Waals surface area contributed by atoms with Gasteiger partial charge >= 0.3 is 5.97 Å². The van der Waals surface area contributed by atoms with Crippen LogP contribution in [0.1, 0.15) is 17.4 Å². The lowest BCUT2D eigenvalue weighted by atomic mass is 10.1. The van der Waals surface area contributed by atoms with Crippen LogP contribution in [0.3, 0.4) is 0 Å². The Balaban J connectivity index is 2.24. The number of nitrogens with zero attached hydrogens (tertiary/aromatic N) is 2. The van der Waals surface area contributed by atoms with Crippen molar-refractivity contribution in [1.82, 2.24) is 10.1 Å². The first-order valence-electron chi connectivity index (χ1n) is 6.52. The molecular formula is C15H11ClN2O4. The molecule has 0 aliphatic heterocycles. The summed E-state index contributed by atoms with van der Waals surface area (Å²) in [6.07, 6.45) is 1.31. The number of halogens is 1. The molecule has 3 aromatic rings. The zero-order valence-electron chi connectivity index (χ0n) is 11.5. The first-order valence-corrected chi connectivity index (χ1v) is 6.90. The second-order valence-electron chi connectivity index (χ2n) is 4.43. The Kier molecular flexibility index (Phi) is 3.68. The van der Waals surface area contributed by atoms with Crippen LogP contribution in [-0.4, -0.2) is 27.8 Å². The number of esters is 1. The van der Waals surface area contributed by atoms with Crippen LogP contribution in [0.4, 0.5) is 0 Å². The van der Waals surface area contributed by atoms with Crippen LogP contribution < -0.4 is 0 Å². The zero-order chi connectivity index (χ0) is 15.7. The van der Waals surface area contributed by atoms with Crippen molar-refractivity contribution in [3.63, 3.8) is 0 Å². The van der Waals surface area contributed by atoms with Gasteiger partial charge in [0.25, 0.3) is 0 Å². The maximum Gasteiger partial charge on any atom is 0.360 e. The molecule has 0 atom stereocenters. The zero-order valence-corrected chi connectivity index (χ0v) is 12.3. The molecule has 2 heterocycles. The smallest absolute Gasteiger partial charge is 0.360 e. The molecule has 22 heavy (non-hydrogen) atoms. The standard InChI is InChI=1S/C15H11ClN2O4/c1-2-21-15(20)13-14(19)11-10(7-17-13)22-18-12(11)8-5-3-4-6-9(8)16/h3-7,19H,2H2,1H3. The first-order chi connectivity index (χ1) is 10.6. The second-order valence-corrected chi connectivity index (χ2v) is 4.83. The molecule has 0 aliphatic carbocycles. The van der Waals surface area contributed by atoms with Crippen LogP contribution in [0.2, 0.25) is 5.02 Å². The predicted octanol–water partition coefficient (Wildman–Crippen LogP) is 3.43. The molecule has 0 fully saturated rings. The summed E-state index contributed by atoms with van der Waals surface area (Å²) in [6.45, 7) is 1.85. The average molecular weight is 319 g/mol. The first kappa shape index (κ1) is 14.3. The van der Waals surface area contributed by atoms with Gasteiger partial charge in [-0.05, 0) is 13.0 Å². The lowest BCUT2D eigenvalue weighted by Gasteiger charge is -2.05. The Hall–Kier alpha value is -2.60. The quantitative estimate of drug-likeness (QED) is 0.745. The minimum Gasteiger partial charge on any atom is -0.505 e. The van der Waals surface area contributed by atoms with Gasteiger partial charge < -0.3 is 14.4 Å². The molecule has 1 N–H and O–H groups in total. The summed E-state index contributed by atoms with van der Waals surface area (Å²) in [5.74, 6) is -1.06. The SMILES string of the molecule is CCOC(=O)c1ncc2onc(-c3ccccc3Cl)c2c1O. The Morgan fingerprint density at radius 1 is 1.41 bits per heavy atom. The lowest BCUT2D eigenvalue weighted by molar-refractivity contribution is 0.0516. The number of aromatic hydroxyl groups is 1. The Labute approximate surface area is 130 Å². The number of carbonyl (C=O) groups excluding carboxylic acids is 1. The molecular weight excluding hydrogens is 308 g/mol. The van der Waals surface area contributed by atoms with E-state index in [1.54, 1.807) is 31.2 Å². The third-order valence-corrected chi connectivity index (χ3v) is 3.42. The Bertz CT molecular complexity index is 860. The number of aromatic nitrogens is 2. The minimum atomic E-state index is -0.715. The van der Waals surface area contributed by atoms with Gasteiger partial charge in [-0.15, -0.1) is 0 Å². The molecule has 0 radical (unpaired) electrons. The molecule has 0 amide bonds. The minimum absolute atomic E-state index is 0.180. The highest BCUT2D eigenvalue weighted by molar-refractivity contribution is 6.33. The fraction of sp³-hybridized carbons (Fsp3) is 0.133. The number of benzene rings is 1. The molecule has 112 valence electrons. The summed E-state index contributed by atoms with van der Waals surface area (Å²) < 4.78 is 10.0. The van der Waals surface area contributed by atoms with Crippen molar-refractivity contribution in [3.8, 4) is 17.0 Å². The van der Waals surface area contributed by atoms with Crippen molar-refractivity contribution < 1.29 is 19.2 Å². The predicted molar refractivity (Wildman–Crippen MR) is 79.9 cm³/mol. The monoisotopic (exact) mass is 318 g/mol. The fourth-order valence-electron chi connectivity index (χ4n) is 2.11. The van der Waals surface area contributed by atoms with Gasteiger partial charge in [-0.2, -0.15) is 0 Å². The maximum atomic E-state index is 11.8. The van der Waals surface area contributed by atoms with Gasteiger partial charge in [0.05, 0.1) is 23.2 Å². The van der Waals surface area contributed by atoms with Gasteiger partial charge in [0.1, 0.15) is 5.69 Å². The number of carbonyl (C=O) groups is 1. The number of ether oxygens (including phenoxy) is 1. The van der Waals surface area contributed by atoms with Crippen molar-refractivity contribution in [2.45, 2.75) is 6.92 Å². The van der Waals surface area contributed by atoms with Gasteiger partial charge in [-0.25, -0.2) is 9.78 Å². The molecule has 7 heteroatoms. The van der Waals surface area contributed by atoms with Gasteiger partial charge in [0.2, 0.25) is 0 Å². The summed E-state index contributed by atoms with van der Waals surface area (Å²) >= 11 is 6.15. The van der Waals surface area contributed by atoms with Crippen LogP contribution >= 0.6 is 11.6 Å².